The van der Waals surface area contributed by atoms with Crippen LogP contribution in [0.4, 0.5) is 0 Å². The fraction of sp³-hybridized carbons (Fsp3) is 0.333. The molecule has 0 saturated carbocycles. The van der Waals surface area contributed by atoms with Gasteiger partial charge in [0, 0.05) is 5.56 Å². The average molecular weight is 268 g/mol. The van der Waals surface area contributed by atoms with E-state index in [4.69, 9.17) is 4.74 Å². The van der Waals surface area contributed by atoms with E-state index in [2.05, 4.69) is 17.6 Å². The highest BCUT2D eigenvalue weighted by atomic mass is 16.5. The van der Waals surface area contributed by atoms with E-state index in [1.54, 1.807) is 0 Å². The van der Waals surface area contributed by atoms with Crippen molar-refractivity contribution in [2.45, 2.75) is 27.2 Å². The quantitative estimate of drug-likeness (QED) is 0.474. The Hall–Kier alpha value is -2.23. The van der Waals surface area contributed by atoms with Gasteiger partial charge in [0.1, 0.15) is 0 Å². The standard InChI is InChI=1S/C18H20O2/c1-5-17(18(19)20-4)16(13-14(2)3)12-11-15-9-7-6-8-10-15/h6-10,17H,5H2,1-4H3. The molecule has 0 radical (unpaired) electrons. The van der Waals surface area contributed by atoms with E-state index >= 15 is 0 Å². The van der Waals surface area contributed by atoms with Crippen molar-refractivity contribution in [3.63, 3.8) is 0 Å². The SMILES string of the molecule is CCC(C(=O)OC)C(=C=C(C)C)C#Cc1ccccc1. The molecule has 0 aromatic heterocycles. The van der Waals surface area contributed by atoms with Crippen molar-refractivity contribution in [2.75, 3.05) is 7.11 Å². The Labute approximate surface area is 121 Å². The number of ether oxygens (including phenoxy) is 1. The number of carbonyl (C=O) groups is 1. The number of hydrogen-bond donors (Lipinski definition) is 0. The largest absolute Gasteiger partial charge is 0.469 e. The van der Waals surface area contributed by atoms with E-state index < -0.39 is 0 Å². The van der Waals surface area contributed by atoms with E-state index in [0.29, 0.717) is 12.0 Å². The molecule has 1 atom stereocenters. The highest BCUT2D eigenvalue weighted by Gasteiger charge is 2.20. The lowest BCUT2D eigenvalue weighted by molar-refractivity contribution is -0.144. The first-order valence-electron chi connectivity index (χ1n) is 6.67. The van der Waals surface area contributed by atoms with Crippen molar-refractivity contribution in [3.8, 4) is 11.8 Å². The number of methoxy groups -OCH3 is 1. The lowest BCUT2D eigenvalue weighted by atomic mass is 9.96. The van der Waals surface area contributed by atoms with Gasteiger partial charge in [0.05, 0.1) is 18.6 Å². The second kappa shape index (κ2) is 8.04. The van der Waals surface area contributed by atoms with Crippen LogP contribution in [0.2, 0.25) is 0 Å². The second-order valence-electron chi connectivity index (χ2n) is 4.64. The molecule has 0 amide bonds. The zero-order valence-corrected chi connectivity index (χ0v) is 12.5. The Balaban J connectivity index is 3.20. The Morgan fingerprint density at radius 3 is 2.40 bits per heavy atom. The molecule has 0 bridgehead atoms. The molecule has 0 heterocycles. The molecule has 0 aliphatic rings. The molecular formula is C18H20O2. The first kappa shape index (κ1) is 15.8. The fourth-order valence-corrected chi connectivity index (χ4v) is 1.77. The van der Waals surface area contributed by atoms with Crippen LogP contribution in [0.15, 0.2) is 47.2 Å². The Morgan fingerprint density at radius 2 is 1.90 bits per heavy atom. The number of hydrogen-bond acceptors (Lipinski definition) is 2. The highest BCUT2D eigenvalue weighted by Crippen LogP contribution is 2.16. The fourth-order valence-electron chi connectivity index (χ4n) is 1.77. The first-order valence-corrected chi connectivity index (χ1v) is 6.67. The summed E-state index contributed by atoms with van der Waals surface area (Å²) in [5.74, 6) is 5.52. The minimum atomic E-state index is -0.355. The van der Waals surface area contributed by atoms with Crippen LogP contribution >= 0.6 is 0 Å². The van der Waals surface area contributed by atoms with Crippen molar-refractivity contribution in [1.29, 1.82) is 0 Å². The van der Waals surface area contributed by atoms with Gasteiger partial charge in [0.15, 0.2) is 0 Å². The maximum Gasteiger partial charge on any atom is 0.314 e. The molecule has 0 saturated heterocycles. The molecule has 2 heteroatoms. The van der Waals surface area contributed by atoms with Gasteiger partial charge >= 0.3 is 5.97 Å². The van der Waals surface area contributed by atoms with Gasteiger partial charge in [-0.1, -0.05) is 37.0 Å². The van der Waals surface area contributed by atoms with Gasteiger partial charge in [0.2, 0.25) is 0 Å². The van der Waals surface area contributed by atoms with Gasteiger partial charge in [-0.25, -0.2) is 0 Å². The van der Waals surface area contributed by atoms with E-state index in [9.17, 15) is 4.79 Å². The number of carbonyl (C=O) groups excluding carboxylic acids is 1. The Morgan fingerprint density at radius 1 is 1.25 bits per heavy atom. The monoisotopic (exact) mass is 268 g/mol. The van der Waals surface area contributed by atoms with Crippen LogP contribution in [0, 0.1) is 17.8 Å². The highest BCUT2D eigenvalue weighted by molar-refractivity contribution is 5.77. The third-order valence-corrected chi connectivity index (χ3v) is 2.74. The van der Waals surface area contributed by atoms with Gasteiger partial charge in [-0.15, -0.1) is 5.73 Å². The minimum absolute atomic E-state index is 0.265. The topological polar surface area (TPSA) is 26.3 Å². The smallest absolute Gasteiger partial charge is 0.314 e. The van der Waals surface area contributed by atoms with Crippen molar-refractivity contribution in [2.24, 2.45) is 5.92 Å². The maximum absolute atomic E-state index is 11.8. The van der Waals surface area contributed by atoms with Gasteiger partial charge in [-0.2, -0.15) is 0 Å². The van der Waals surface area contributed by atoms with Crippen LogP contribution in [-0.4, -0.2) is 13.1 Å². The summed E-state index contributed by atoms with van der Waals surface area (Å²) < 4.78 is 4.84. The number of benzene rings is 1. The molecule has 1 rings (SSSR count). The van der Waals surface area contributed by atoms with Crippen LogP contribution in [0.25, 0.3) is 0 Å². The minimum Gasteiger partial charge on any atom is -0.469 e. The normalized spacial score (nSPS) is 10.6. The third kappa shape index (κ3) is 4.80. The van der Waals surface area contributed by atoms with Crippen molar-refractivity contribution in [3.05, 3.63) is 52.8 Å². The zero-order valence-electron chi connectivity index (χ0n) is 12.5. The average Bonchev–Trinajstić information content (AvgIpc) is 2.45. The molecule has 104 valence electrons. The van der Waals surface area contributed by atoms with Crippen molar-refractivity contribution in [1.82, 2.24) is 0 Å². The Kier molecular flexibility index (Phi) is 6.37. The van der Waals surface area contributed by atoms with E-state index in [1.165, 1.54) is 7.11 Å². The van der Waals surface area contributed by atoms with Gasteiger partial charge in [-0.3, -0.25) is 4.79 Å². The molecule has 2 nitrogen and oxygen atoms in total. The van der Waals surface area contributed by atoms with Crippen LogP contribution in [-0.2, 0) is 9.53 Å². The zero-order chi connectivity index (χ0) is 15.0. The summed E-state index contributed by atoms with van der Waals surface area (Å²) in [5, 5.41) is 0. The molecule has 1 unspecified atom stereocenters. The van der Waals surface area contributed by atoms with E-state index in [1.807, 2.05) is 51.1 Å². The molecular weight excluding hydrogens is 248 g/mol. The molecule has 0 N–H and O–H groups in total. The van der Waals surface area contributed by atoms with Crippen molar-refractivity contribution >= 4 is 5.97 Å². The predicted molar refractivity (Wildman–Crippen MR) is 81.0 cm³/mol. The summed E-state index contributed by atoms with van der Waals surface area (Å²) in [4.78, 5) is 11.8. The molecule has 0 spiro atoms. The van der Waals surface area contributed by atoms with Crippen molar-refractivity contribution < 1.29 is 9.53 Å². The number of esters is 1. The summed E-state index contributed by atoms with van der Waals surface area (Å²) in [6, 6.07) is 9.69. The summed E-state index contributed by atoms with van der Waals surface area (Å²) in [7, 11) is 1.40. The lowest BCUT2D eigenvalue weighted by Crippen LogP contribution is -2.16. The molecule has 0 aliphatic carbocycles. The lowest BCUT2D eigenvalue weighted by Gasteiger charge is -2.10. The summed E-state index contributed by atoms with van der Waals surface area (Å²) >= 11 is 0. The van der Waals surface area contributed by atoms with Gasteiger partial charge in [-0.05, 0) is 38.0 Å². The molecule has 1 aromatic carbocycles. The molecule has 0 aliphatic heterocycles. The van der Waals surface area contributed by atoms with E-state index in [0.717, 1.165) is 11.1 Å². The first-order chi connectivity index (χ1) is 9.58. The van der Waals surface area contributed by atoms with Crippen LogP contribution in [0.5, 0.6) is 0 Å². The molecule has 0 fully saturated rings. The van der Waals surface area contributed by atoms with Crippen LogP contribution < -0.4 is 0 Å². The maximum atomic E-state index is 11.8. The van der Waals surface area contributed by atoms with Gasteiger partial charge < -0.3 is 4.74 Å². The van der Waals surface area contributed by atoms with E-state index in [-0.39, 0.29) is 11.9 Å². The summed E-state index contributed by atoms with van der Waals surface area (Å²) in [6.07, 6.45) is 0.645. The third-order valence-electron chi connectivity index (χ3n) is 2.74. The summed E-state index contributed by atoms with van der Waals surface area (Å²) in [5.41, 5.74) is 5.77. The number of rotatable bonds is 3. The van der Waals surface area contributed by atoms with Crippen LogP contribution in [0.3, 0.4) is 0 Å². The second-order valence-corrected chi connectivity index (χ2v) is 4.64. The molecule has 20 heavy (non-hydrogen) atoms. The predicted octanol–water partition coefficient (Wildman–Crippen LogP) is 3.73. The molecule has 1 aromatic rings. The van der Waals surface area contributed by atoms with Crippen LogP contribution in [0.1, 0.15) is 32.8 Å². The summed E-state index contributed by atoms with van der Waals surface area (Å²) in [6.45, 7) is 5.82. The van der Waals surface area contributed by atoms with Gasteiger partial charge in [0.25, 0.3) is 0 Å². The Bertz CT molecular complexity index is 575.